The van der Waals surface area contributed by atoms with Crippen LogP contribution in [0.1, 0.15) is 36.2 Å². The van der Waals surface area contributed by atoms with Crippen molar-refractivity contribution in [1.82, 2.24) is 9.78 Å². The summed E-state index contributed by atoms with van der Waals surface area (Å²) >= 11 is 0. The molecular weight excluding hydrogens is 274 g/mol. The molecule has 2 heterocycles. The van der Waals surface area contributed by atoms with Gasteiger partial charge in [0.25, 0.3) is 5.91 Å². The van der Waals surface area contributed by atoms with Crippen LogP contribution in [0.2, 0.25) is 0 Å². The van der Waals surface area contributed by atoms with Gasteiger partial charge in [0.15, 0.2) is 6.61 Å². The van der Waals surface area contributed by atoms with Gasteiger partial charge in [-0.25, -0.2) is 9.48 Å². The van der Waals surface area contributed by atoms with Crippen molar-refractivity contribution < 1.29 is 18.7 Å². The van der Waals surface area contributed by atoms with Gasteiger partial charge in [-0.05, 0) is 32.9 Å². The summed E-state index contributed by atoms with van der Waals surface area (Å²) in [5.74, 6) is 0.129. The number of carbonyl (C=O) groups is 2. The van der Waals surface area contributed by atoms with Crippen molar-refractivity contribution in [3.63, 3.8) is 0 Å². The van der Waals surface area contributed by atoms with E-state index in [0.29, 0.717) is 11.6 Å². The summed E-state index contributed by atoms with van der Waals surface area (Å²) in [4.78, 5) is 23.4. The monoisotopic (exact) mass is 291 g/mol. The molecule has 21 heavy (non-hydrogen) atoms. The Hall–Kier alpha value is -2.57. The Balaban J connectivity index is 1.87. The van der Waals surface area contributed by atoms with Crippen molar-refractivity contribution in [2.75, 3.05) is 11.9 Å². The highest BCUT2D eigenvalue weighted by molar-refractivity contribution is 5.94. The van der Waals surface area contributed by atoms with E-state index in [1.54, 1.807) is 29.9 Å². The Kier molecular flexibility index (Phi) is 4.42. The molecule has 1 N–H and O–H groups in total. The number of aryl methyl sites for hydroxylation is 1. The molecule has 0 fully saturated rings. The minimum absolute atomic E-state index is 0.0764. The lowest BCUT2D eigenvalue weighted by atomic mass is 10.4. The maximum absolute atomic E-state index is 11.8. The molecule has 0 aliphatic heterocycles. The highest BCUT2D eigenvalue weighted by Gasteiger charge is 2.15. The molecule has 0 aromatic carbocycles. The zero-order valence-electron chi connectivity index (χ0n) is 12.1. The summed E-state index contributed by atoms with van der Waals surface area (Å²) in [5, 5.41) is 6.73. The number of hydrogen-bond acceptors (Lipinski definition) is 5. The first-order chi connectivity index (χ1) is 9.97. The third-order valence-electron chi connectivity index (χ3n) is 2.70. The highest BCUT2D eigenvalue weighted by atomic mass is 16.5. The molecule has 0 radical (unpaired) electrons. The molecule has 0 aliphatic rings. The zero-order valence-corrected chi connectivity index (χ0v) is 12.1. The number of aromatic nitrogens is 2. The Bertz CT molecular complexity index is 642. The van der Waals surface area contributed by atoms with E-state index in [4.69, 9.17) is 9.15 Å². The van der Waals surface area contributed by atoms with E-state index in [1.165, 1.54) is 6.07 Å². The molecule has 0 unspecified atom stereocenters. The molecule has 0 spiro atoms. The molecule has 2 aromatic heterocycles. The van der Waals surface area contributed by atoms with Gasteiger partial charge in [-0.2, -0.15) is 5.10 Å². The average molecular weight is 291 g/mol. The van der Waals surface area contributed by atoms with Crippen molar-refractivity contribution in [1.29, 1.82) is 0 Å². The van der Waals surface area contributed by atoms with Crippen LogP contribution in [-0.4, -0.2) is 28.3 Å². The SMILES string of the molecule is Cc1ccc(C(=O)OCC(=O)Nc2ccnn2C(C)C)o1. The molecule has 112 valence electrons. The van der Waals surface area contributed by atoms with E-state index < -0.39 is 11.9 Å². The standard InChI is InChI=1S/C14H17N3O4/c1-9(2)17-12(6-7-15-17)16-13(18)8-20-14(19)11-5-4-10(3)21-11/h4-7,9H,8H2,1-3H3,(H,16,18). The smallest absolute Gasteiger partial charge is 0.374 e. The maximum atomic E-state index is 11.8. The fourth-order valence-corrected chi connectivity index (χ4v) is 1.75. The van der Waals surface area contributed by atoms with Gasteiger partial charge in [0.05, 0.1) is 6.20 Å². The second-order valence-corrected chi connectivity index (χ2v) is 4.79. The van der Waals surface area contributed by atoms with Crippen LogP contribution in [0.4, 0.5) is 5.82 Å². The van der Waals surface area contributed by atoms with Gasteiger partial charge in [0, 0.05) is 12.1 Å². The van der Waals surface area contributed by atoms with E-state index >= 15 is 0 Å². The molecule has 0 saturated heterocycles. The molecule has 0 atom stereocenters. The Morgan fingerprint density at radius 1 is 1.38 bits per heavy atom. The number of esters is 1. The summed E-state index contributed by atoms with van der Waals surface area (Å²) in [6.07, 6.45) is 1.59. The number of amides is 1. The Morgan fingerprint density at radius 3 is 2.76 bits per heavy atom. The van der Waals surface area contributed by atoms with E-state index in [1.807, 2.05) is 13.8 Å². The summed E-state index contributed by atoms with van der Waals surface area (Å²) in [5.41, 5.74) is 0. The van der Waals surface area contributed by atoms with E-state index in [0.717, 1.165) is 0 Å². The minimum Gasteiger partial charge on any atom is -0.454 e. The summed E-state index contributed by atoms with van der Waals surface area (Å²) in [7, 11) is 0. The van der Waals surface area contributed by atoms with E-state index in [-0.39, 0.29) is 18.4 Å². The first-order valence-electron chi connectivity index (χ1n) is 6.54. The number of rotatable bonds is 5. The van der Waals surface area contributed by atoms with Gasteiger partial charge in [-0.3, -0.25) is 4.79 Å². The van der Waals surface area contributed by atoms with Crippen molar-refractivity contribution >= 4 is 17.7 Å². The summed E-state index contributed by atoms with van der Waals surface area (Å²) in [6, 6.07) is 4.94. The zero-order chi connectivity index (χ0) is 15.4. The van der Waals surface area contributed by atoms with Gasteiger partial charge in [0.1, 0.15) is 11.6 Å². The highest BCUT2D eigenvalue weighted by Crippen LogP contribution is 2.13. The second kappa shape index (κ2) is 6.25. The molecule has 7 heteroatoms. The van der Waals surface area contributed by atoms with Gasteiger partial charge >= 0.3 is 5.97 Å². The predicted octanol–water partition coefficient (Wildman–Crippen LogP) is 2.16. The summed E-state index contributed by atoms with van der Waals surface area (Å²) < 4.78 is 11.7. The lowest BCUT2D eigenvalue weighted by molar-refractivity contribution is -0.119. The molecule has 7 nitrogen and oxygen atoms in total. The lowest BCUT2D eigenvalue weighted by Crippen LogP contribution is -2.22. The fourth-order valence-electron chi connectivity index (χ4n) is 1.75. The number of anilines is 1. The van der Waals surface area contributed by atoms with Crippen molar-refractivity contribution in [3.8, 4) is 0 Å². The Morgan fingerprint density at radius 2 is 2.14 bits per heavy atom. The quantitative estimate of drug-likeness (QED) is 0.853. The van der Waals surface area contributed by atoms with Crippen LogP contribution in [0.5, 0.6) is 0 Å². The topological polar surface area (TPSA) is 86.4 Å². The predicted molar refractivity (Wildman–Crippen MR) is 75.0 cm³/mol. The van der Waals surface area contributed by atoms with Gasteiger partial charge in [0.2, 0.25) is 5.76 Å². The van der Waals surface area contributed by atoms with Crippen LogP contribution in [0.15, 0.2) is 28.8 Å². The third kappa shape index (κ3) is 3.71. The van der Waals surface area contributed by atoms with Gasteiger partial charge < -0.3 is 14.5 Å². The first-order valence-corrected chi connectivity index (χ1v) is 6.54. The molecule has 2 rings (SSSR count). The first kappa shape index (κ1) is 14.8. The molecule has 0 bridgehead atoms. The van der Waals surface area contributed by atoms with E-state index in [9.17, 15) is 9.59 Å². The largest absolute Gasteiger partial charge is 0.454 e. The number of nitrogens with one attached hydrogen (secondary N) is 1. The summed E-state index contributed by atoms with van der Waals surface area (Å²) in [6.45, 7) is 5.22. The maximum Gasteiger partial charge on any atom is 0.374 e. The number of hydrogen-bond donors (Lipinski definition) is 1. The van der Waals surface area contributed by atoms with Crippen LogP contribution >= 0.6 is 0 Å². The van der Waals surface area contributed by atoms with Crippen LogP contribution in [0.3, 0.4) is 0 Å². The minimum atomic E-state index is -0.671. The van der Waals surface area contributed by atoms with Crippen molar-refractivity contribution in [2.24, 2.45) is 0 Å². The third-order valence-corrected chi connectivity index (χ3v) is 2.70. The molecule has 2 aromatic rings. The number of furan rings is 1. The average Bonchev–Trinajstić information content (AvgIpc) is 3.05. The fraction of sp³-hybridized carbons (Fsp3) is 0.357. The van der Waals surface area contributed by atoms with Gasteiger partial charge in [-0.15, -0.1) is 0 Å². The number of nitrogens with zero attached hydrogens (tertiary/aromatic N) is 2. The van der Waals surface area contributed by atoms with Gasteiger partial charge in [-0.1, -0.05) is 0 Å². The van der Waals surface area contributed by atoms with Crippen LogP contribution in [0, 0.1) is 6.92 Å². The molecule has 0 saturated carbocycles. The van der Waals surface area contributed by atoms with Crippen molar-refractivity contribution in [2.45, 2.75) is 26.8 Å². The lowest BCUT2D eigenvalue weighted by Gasteiger charge is -2.11. The van der Waals surface area contributed by atoms with Crippen LogP contribution in [-0.2, 0) is 9.53 Å². The molecule has 0 aliphatic carbocycles. The number of carbonyl (C=O) groups excluding carboxylic acids is 2. The van der Waals surface area contributed by atoms with Crippen LogP contribution < -0.4 is 5.32 Å². The van der Waals surface area contributed by atoms with Crippen LogP contribution in [0.25, 0.3) is 0 Å². The normalized spacial score (nSPS) is 10.7. The Labute approximate surface area is 121 Å². The molecule has 1 amide bonds. The van der Waals surface area contributed by atoms with Crippen molar-refractivity contribution in [3.05, 3.63) is 35.9 Å². The number of ether oxygens (including phenoxy) is 1. The molecular formula is C14H17N3O4. The van der Waals surface area contributed by atoms with E-state index in [2.05, 4.69) is 10.4 Å². The second-order valence-electron chi connectivity index (χ2n) is 4.79.